The number of hydrogen-bond acceptors (Lipinski definition) is 3. The molecule has 1 atom stereocenters. The molecular formula is C14H29N3O. The second kappa shape index (κ2) is 6.53. The summed E-state index contributed by atoms with van der Waals surface area (Å²) in [7, 11) is 4.17. The van der Waals surface area contributed by atoms with Crippen LogP contribution in [0.5, 0.6) is 0 Å². The predicted molar refractivity (Wildman–Crippen MR) is 75.6 cm³/mol. The summed E-state index contributed by atoms with van der Waals surface area (Å²) < 4.78 is 0. The molecule has 0 aromatic heterocycles. The molecule has 1 amide bonds. The molecule has 0 aliphatic carbocycles. The standard InChI is InChI=1S/C14H29N3O/c1-11(2)13(16(6)12(3)4)14(18)17-9-7-15(5)8-10-17/h11-13H,7-10H2,1-6H3/t13-/m1/s1. The number of rotatable bonds is 4. The normalized spacial score (nSPS) is 19.9. The summed E-state index contributed by atoms with van der Waals surface area (Å²) in [5.74, 6) is 0.652. The average Bonchev–Trinajstić information content (AvgIpc) is 2.29. The van der Waals surface area contributed by atoms with E-state index < -0.39 is 0 Å². The lowest BCUT2D eigenvalue weighted by atomic mass is 9.99. The van der Waals surface area contributed by atoms with Crippen LogP contribution in [-0.4, -0.2) is 73.0 Å². The van der Waals surface area contributed by atoms with Gasteiger partial charge in [0.1, 0.15) is 0 Å². The number of piperazine rings is 1. The SMILES string of the molecule is CC(C)[C@H](C(=O)N1CCN(C)CC1)N(C)C(C)C. The van der Waals surface area contributed by atoms with Crippen molar-refractivity contribution in [3.63, 3.8) is 0 Å². The minimum Gasteiger partial charge on any atom is -0.339 e. The zero-order valence-electron chi connectivity index (χ0n) is 12.8. The Hall–Kier alpha value is -0.610. The van der Waals surface area contributed by atoms with E-state index in [1.165, 1.54) is 0 Å². The fourth-order valence-corrected chi connectivity index (χ4v) is 2.46. The second-order valence-corrected chi connectivity index (χ2v) is 6.08. The molecule has 0 radical (unpaired) electrons. The quantitative estimate of drug-likeness (QED) is 0.753. The molecule has 1 aliphatic rings. The van der Waals surface area contributed by atoms with Crippen LogP contribution in [-0.2, 0) is 4.79 Å². The lowest BCUT2D eigenvalue weighted by Gasteiger charge is -2.39. The summed E-state index contributed by atoms with van der Waals surface area (Å²) in [4.78, 5) is 19.2. The van der Waals surface area contributed by atoms with Crippen molar-refractivity contribution in [1.82, 2.24) is 14.7 Å². The van der Waals surface area contributed by atoms with Crippen LogP contribution < -0.4 is 0 Å². The molecule has 1 saturated heterocycles. The molecule has 1 aliphatic heterocycles. The molecule has 0 N–H and O–H groups in total. The van der Waals surface area contributed by atoms with Crippen LogP contribution in [0, 0.1) is 5.92 Å². The van der Waals surface area contributed by atoms with Crippen molar-refractivity contribution >= 4 is 5.91 Å². The van der Waals surface area contributed by atoms with Crippen molar-refractivity contribution in [2.45, 2.75) is 39.8 Å². The van der Waals surface area contributed by atoms with Gasteiger partial charge in [-0.25, -0.2) is 0 Å². The highest BCUT2D eigenvalue weighted by molar-refractivity contribution is 5.82. The summed E-state index contributed by atoms with van der Waals surface area (Å²) in [6.07, 6.45) is 0. The summed E-state index contributed by atoms with van der Waals surface area (Å²) in [5, 5.41) is 0. The lowest BCUT2D eigenvalue weighted by Crippen LogP contribution is -2.56. The van der Waals surface area contributed by atoms with Crippen LogP contribution in [0.15, 0.2) is 0 Å². The van der Waals surface area contributed by atoms with Gasteiger partial charge in [-0.05, 0) is 33.9 Å². The van der Waals surface area contributed by atoms with E-state index in [-0.39, 0.29) is 6.04 Å². The summed E-state index contributed by atoms with van der Waals surface area (Å²) in [6.45, 7) is 12.3. The lowest BCUT2D eigenvalue weighted by molar-refractivity contribution is -0.140. The first-order valence-corrected chi connectivity index (χ1v) is 7.03. The van der Waals surface area contributed by atoms with Crippen molar-refractivity contribution < 1.29 is 4.79 Å². The van der Waals surface area contributed by atoms with Gasteiger partial charge in [0.15, 0.2) is 0 Å². The van der Waals surface area contributed by atoms with Crippen LogP contribution in [0.3, 0.4) is 0 Å². The zero-order valence-corrected chi connectivity index (χ0v) is 12.8. The first-order valence-electron chi connectivity index (χ1n) is 7.03. The highest BCUT2D eigenvalue weighted by atomic mass is 16.2. The molecule has 1 rings (SSSR count). The molecule has 0 saturated carbocycles. The van der Waals surface area contributed by atoms with Crippen molar-refractivity contribution in [3.05, 3.63) is 0 Å². The average molecular weight is 255 g/mol. The second-order valence-electron chi connectivity index (χ2n) is 6.08. The first-order chi connectivity index (χ1) is 8.34. The van der Waals surface area contributed by atoms with E-state index in [9.17, 15) is 4.79 Å². The van der Waals surface area contributed by atoms with E-state index >= 15 is 0 Å². The molecule has 0 spiro atoms. The number of nitrogens with zero attached hydrogens (tertiary/aromatic N) is 3. The van der Waals surface area contributed by atoms with Gasteiger partial charge in [0.2, 0.25) is 5.91 Å². The van der Waals surface area contributed by atoms with Crippen LogP contribution in [0.2, 0.25) is 0 Å². The molecule has 0 aromatic carbocycles. The smallest absolute Gasteiger partial charge is 0.240 e. The largest absolute Gasteiger partial charge is 0.339 e. The highest BCUT2D eigenvalue weighted by Crippen LogP contribution is 2.16. The zero-order chi connectivity index (χ0) is 13.9. The number of amides is 1. The van der Waals surface area contributed by atoms with E-state index in [4.69, 9.17) is 0 Å². The fraction of sp³-hybridized carbons (Fsp3) is 0.929. The minimum absolute atomic E-state index is 0.00778. The number of hydrogen-bond donors (Lipinski definition) is 0. The highest BCUT2D eigenvalue weighted by Gasteiger charge is 2.32. The van der Waals surface area contributed by atoms with E-state index in [1.54, 1.807) is 0 Å². The number of carbonyl (C=O) groups excluding carboxylic acids is 1. The van der Waals surface area contributed by atoms with Crippen molar-refractivity contribution in [1.29, 1.82) is 0 Å². The Kier molecular flexibility index (Phi) is 5.60. The molecule has 1 heterocycles. The third-order valence-corrected chi connectivity index (χ3v) is 3.95. The van der Waals surface area contributed by atoms with Crippen LogP contribution in [0.4, 0.5) is 0 Å². The first kappa shape index (κ1) is 15.4. The van der Waals surface area contributed by atoms with E-state index in [1.807, 2.05) is 4.90 Å². The van der Waals surface area contributed by atoms with Gasteiger partial charge in [-0.15, -0.1) is 0 Å². The Morgan fingerprint density at radius 3 is 1.94 bits per heavy atom. The number of likely N-dealkylation sites (N-methyl/N-ethyl adjacent to an activating group) is 2. The van der Waals surface area contributed by atoms with E-state index in [0.717, 1.165) is 26.2 Å². The van der Waals surface area contributed by atoms with Gasteiger partial charge in [-0.1, -0.05) is 13.8 Å². The Morgan fingerprint density at radius 1 is 1.06 bits per heavy atom. The maximum absolute atomic E-state index is 12.7. The van der Waals surface area contributed by atoms with Gasteiger partial charge in [0, 0.05) is 32.2 Å². The molecule has 4 heteroatoms. The van der Waals surface area contributed by atoms with Crippen molar-refractivity contribution in [2.75, 3.05) is 40.3 Å². The Bertz CT molecular complexity index is 270. The Balaban J connectivity index is 2.71. The van der Waals surface area contributed by atoms with Gasteiger partial charge in [0.05, 0.1) is 6.04 Å². The van der Waals surface area contributed by atoms with E-state index in [0.29, 0.717) is 17.9 Å². The van der Waals surface area contributed by atoms with E-state index in [2.05, 4.69) is 51.6 Å². The van der Waals surface area contributed by atoms with Gasteiger partial charge in [-0.3, -0.25) is 9.69 Å². The predicted octanol–water partition coefficient (Wildman–Crippen LogP) is 1.13. The third-order valence-electron chi connectivity index (χ3n) is 3.95. The Morgan fingerprint density at radius 2 is 1.56 bits per heavy atom. The Labute approximate surface area is 112 Å². The molecule has 4 nitrogen and oxygen atoms in total. The maximum atomic E-state index is 12.7. The molecule has 0 unspecified atom stereocenters. The molecule has 0 aromatic rings. The van der Waals surface area contributed by atoms with Crippen LogP contribution in [0.1, 0.15) is 27.7 Å². The summed E-state index contributed by atoms with van der Waals surface area (Å²) >= 11 is 0. The fourth-order valence-electron chi connectivity index (χ4n) is 2.46. The number of carbonyl (C=O) groups is 1. The summed E-state index contributed by atoms with van der Waals surface area (Å²) in [5.41, 5.74) is 0. The molecular weight excluding hydrogens is 226 g/mol. The van der Waals surface area contributed by atoms with Gasteiger partial charge in [0.25, 0.3) is 0 Å². The molecule has 1 fully saturated rings. The van der Waals surface area contributed by atoms with Crippen LogP contribution in [0.25, 0.3) is 0 Å². The molecule has 18 heavy (non-hydrogen) atoms. The van der Waals surface area contributed by atoms with Crippen molar-refractivity contribution in [3.8, 4) is 0 Å². The monoisotopic (exact) mass is 255 g/mol. The minimum atomic E-state index is 0.00778. The molecule has 106 valence electrons. The summed E-state index contributed by atoms with van der Waals surface area (Å²) in [6, 6.07) is 0.405. The van der Waals surface area contributed by atoms with Gasteiger partial charge >= 0.3 is 0 Å². The maximum Gasteiger partial charge on any atom is 0.240 e. The van der Waals surface area contributed by atoms with Crippen LogP contribution >= 0.6 is 0 Å². The third kappa shape index (κ3) is 3.69. The van der Waals surface area contributed by atoms with Gasteiger partial charge in [-0.2, -0.15) is 0 Å². The van der Waals surface area contributed by atoms with Crippen molar-refractivity contribution in [2.24, 2.45) is 5.92 Å². The topological polar surface area (TPSA) is 26.8 Å². The van der Waals surface area contributed by atoms with Gasteiger partial charge < -0.3 is 9.80 Å². The molecule has 0 bridgehead atoms.